The molecule has 2 aromatic carbocycles. The van der Waals surface area contributed by atoms with Gasteiger partial charge in [0, 0.05) is 19.4 Å². The van der Waals surface area contributed by atoms with E-state index in [1.165, 1.54) is 34.1 Å². The van der Waals surface area contributed by atoms with Crippen LogP contribution in [0.1, 0.15) is 37.4 Å². The fourth-order valence-corrected chi connectivity index (χ4v) is 4.00. The Labute approximate surface area is 180 Å². The first-order valence-electron chi connectivity index (χ1n) is 9.85. The Morgan fingerprint density at radius 2 is 1.68 bits per heavy atom. The van der Waals surface area contributed by atoms with Gasteiger partial charge in [-0.2, -0.15) is 0 Å². The third-order valence-electron chi connectivity index (χ3n) is 5.23. The van der Waals surface area contributed by atoms with E-state index in [0.717, 1.165) is 11.1 Å². The number of hydrogen-bond acceptors (Lipinski definition) is 6. The van der Waals surface area contributed by atoms with Gasteiger partial charge in [-0.3, -0.25) is 14.4 Å². The van der Waals surface area contributed by atoms with Crippen molar-refractivity contribution in [2.75, 3.05) is 26.6 Å². The lowest BCUT2D eigenvalue weighted by atomic mass is 9.95. The molecule has 2 amide bonds. The van der Waals surface area contributed by atoms with Crippen molar-refractivity contribution in [3.05, 3.63) is 45.6 Å². The van der Waals surface area contributed by atoms with Crippen LogP contribution in [0.4, 0.5) is 5.69 Å². The highest BCUT2D eigenvalue weighted by Gasteiger charge is 2.29. The Hall–Kier alpha value is -3.55. The molecule has 31 heavy (non-hydrogen) atoms. The summed E-state index contributed by atoms with van der Waals surface area (Å²) in [5.74, 6) is 0.887. The van der Waals surface area contributed by atoms with Gasteiger partial charge in [0.15, 0.2) is 11.5 Å². The molecule has 0 spiro atoms. The maximum Gasteiger partial charge on any atom is 0.221 e. The predicted molar refractivity (Wildman–Crippen MR) is 117 cm³/mol. The molecule has 2 N–H and O–H groups in total. The minimum absolute atomic E-state index is 0.156. The molecule has 2 aromatic rings. The van der Waals surface area contributed by atoms with E-state index in [1.54, 1.807) is 19.2 Å². The van der Waals surface area contributed by atoms with E-state index in [9.17, 15) is 14.4 Å². The van der Waals surface area contributed by atoms with Gasteiger partial charge in [-0.25, -0.2) is 0 Å². The van der Waals surface area contributed by atoms with Gasteiger partial charge in [0.25, 0.3) is 0 Å². The van der Waals surface area contributed by atoms with E-state index in [4.69, 9.17) is 14.2 Å². The molecule has 0 aliphatic heterocycles. The number of aryl methyl sites for hydroxylation is 1. The van der Waals surface area contributed by atoms with E-state index in [0.29, 0.717) is 41.2 Å². The van der Waals surface area contributed by atoms with Gasteiger partial charge in [-0.1, -0.05) is 6.07 Å². The van der Waals surface area contributed by atoms with Crippen molar-refractivity contribution in [2.24, 2.45) is 0 Å². The van der Waals surface area contributed by atoms with Gasteiger partial charge in [0.1, 0.15) is 0 Å². The van der Waals surface area contributed by atoms with Crippen LogP contribution < -0.4 is 30.3 Å². The van der Waals surface area contributed by atoms with E-state index >= 15 is 0 Å². The van der Waals surface area contributed by atoms with Crippen LogP contribution in [-0.2, 0) is 16.0 Å². The highest BCUT2D eigenvalue weighted by molar-refractivity contribution is 5.89. The Bertz CT molecular complexity index is 1100. The Balaban J connectivity index is 2.40. The normalized spacial score (nSPS) is 14.4. The lowest BCUT2D eigenvalue weighted by Crippen LogP contribution is -2.26. The third kappa shape index (κ3) is 4.33. The predicted octanol–water partition coefficient (Wildman–Crippen LogP) is 2.82. The average Bonchev–Trinajstić information content (AvgIpc) is 2.96. The van der Waals surface area contributed by atoms with Crippen molar-refractivity contribution in [1.82, 2.24) is 5.32 Å². The SMILES string of the molecule is COc1cc2c(c(OC)c1OC)-c1ccc(NC(C)=O)c(=O)cc1[C@@H](NC(C)=O)CC2. The molecule has 0 saturated heterocycles. The van der Waals surface area contributed by atoms with Crippen LogP contribution in [-0.4, -0.2) is 33.1 Å². The van der Waals surface area contributed by atoms with Crippen molar-refractivity contribution >= 4 is 17.5 Å². The third-order valence-corrected chi connectivity index (χ3v) is 5.23. The minimum Gasteiger partial charge on any atom is -0.493 e. The monoisotopic (exact) mass is 426 g/mol. The highest BCUT2D eigenvalue weighted by Crippen LogP contribution is 2.50. The molecule has 1 atom stereocenters. The Morgan fingerprint density at radius 3 is 2.26 bits per heavy atom. The van der Waals surface area contributed by atoms with Gasteiger partial charge < -0.3 is 24.8 Å². The average molecular weight is 426 g/mol. The zero-order valence-electron chi connectivity index (χ0n) is 18.3. The molecule has 0 heterocycles. The van der Waals surface area contributed by atoms with Crippen LogP contribution in [0.5, 0.6) is 17.2 Å². The van der Waals surface area contributed by atoms with Crippen molar-refractivity contribution in [3.63, 3.8) is 0 Å². The first-order chi connectivity index (χ1) is 14.8. The van der Waals surface area contributed by atoms with Gasteiger partial charge in [-0.15, -0.1) is 0 Å². The number of methoxy groups -OCH3 is 3. The number of nitrogens with one attached hydrogen (secondary N) is 2. The Morgan fingerprint density at radius 1 is 0.968 bits per heavy atom. The topological polar surface area (TPSA) is 103 Å². The summed E-state index contributed by atoms with van der Waals surface area (Å²) in [6, 6.07) is 6.28. The number of hydrogen-bond donors (Lipinski definition) is 2. The van der Waals surface area contributed by atoms with Crippen LogP contribution in [0.2, 0.25) is 0 Å². The van der Waals surface area contributed by atoms with Gasteiger partial charge in [0.05, 0.1) is 33.1 Å². The molecule has 0 radical (unpaired) electrons. The first-order valence-corrected chi connectivity index (χ1v) is 9.85. The van der Waals surface area contributed by atoms with E-state index < -0.39 is 6.04 Å². The van der Waals surface area contributed by atoms with Gasteiger partial charge >= 0.3 is 0 Å². The van der Waals surface area contributed by atoms with Crippen LogP contribution >= 0.6 is 0 Å². The summed E-state index contributed by atoms with van der Waals surface area (Å²) in [5.41, 5.74) is 2.84. The zero-order valence-corrected chi connectivity index (χ0v) is 18.3. The summed E-state index contributed by atoms with van der Waals surface area (Å²) < 4.78 is 16.8. The molecule has 3 rings (SSSR count). The minimum atomic E-state index is -0.396. The standard InChI is InChI=1S/C23H26N2O6/c1-12(26)24-17-8-6-14-10-20(29-3)22(30-4)23(31-5)21(14)15-7-9-18(25-13(2)27)19(28)11-16(15)17/h7,9-11,17H,6,8H2,1-5H3,(H,24,26)(H,25,27,28)/t17-/m0/s1. The number of anilines is 1. The second-order valence-corrected chi connectivity index (χ2v) is 7.28. The largest absolute Gasteiger partial charge is 0.493 e. The van der Waals surface area contributed by atoms with E-state index in [2.05, 4.69) is 10.6 Å². The molecule has 8 nitrogen and oxygen atoms in total. The molecule has 0 fully saturated rings. The van der Waals surface area contributed by atoms with Crippen molar-refractivity contribution in [3.8, 4) is 28.4 Å². The number of carbonyl (C=O) groups is 2. The molecule has 0 saturated carbocycles. The number of benzene rings is 1. The van der Waals surface area contributed by atoms with Crippen molar-refractivity contribution < 1.29 is 23.8 Å². The molecular formula is C23H26N2O6. The maximum absolute atomic E-state index is 12.9. The van der Waals surface area contributed by atoms with Crippen LogP contribution in [0.15, 0.2) is 29.1 Å². The first kappa shape index (κ1) is 22.1. The summed E-state index contributed by atoms with van der Waals surface area (Å²) in [7, 11) is 4.62. The molecule has 164 valence electrons. The summed E-state index contributed by atoms with van der Waals surface area (Å²) in [4.78, 5) is 36.3. The molecule has 0 aromatic heterocycles. The summed E-state index contributed by atoms with van der Waals surface area (Å²) in [5, 5.41) is 5.51. The number of amides is 2. The molecule has 0 bridgehead atoms. The second-order valence-electron chi connectivity index (χ2n) is 7.28. The fraction of sp³-hybridized carbons (Fsp3) is 0.348. The van der Waals surface area contributed by atoms with Crippen LogP contribution in [0, 0.1) is 0 Å². The lowest BCUT2D eigenvalue weighted by molar-refractivity contribution is -0.119. The Kier molecular flexibility index (Phi) is 6.48. The van der Waals surface area contributed by atoms with E-state index in [-0.39, 0.29) is 22.9 Å². The lowest BCUT2D eigenvalue weighted by Gasteiger charge is -2.19. The number of rotatable bonds is 5. The van der Waals surface area contributed by atoms with Crippen molar-refractivity contribution in [1.29, 1.82) is 0 Å². The molecule has 0 unspecified atom stereocenters. The zero-order chi connectivity index (χ0) is 22.7. The molecule has 8 heteroatoms. The number of carbonyl (C=O) groups excluding carboxylic acids is 2. The highest BCUT2D eigenvalue weighted by atomic mass is 16.5. The second kappa shape index (κ2) is 9.07. The molecule has 1 aliphatic rings. The van der Waals surface area contributed by atoms with Gasteiger partial charge in [0.2, 0.25) is 23.0 Å². The summed E-state index contributed by atoms with van der Waals surface area (Å²) >= 11 is 0. The quantitative estimate of drug-likeness (QED) is 0.762. The van der Waals surface area contributed by atoms with Crippen LogP contribution in [0.3, 0.4) is 0 Å². The summed E-state index contributed by atoms with van der Waals surface area (Å²) in [6.45, 7) is 2.78. The van der Waals surface area contributed by atoms with Crippen LogP contribution in [0.25, 0.3) is 11.1 Å². The van der Waals surface area contributed by atoms with Gasteiger partial charge in [-0.05, 0) is 47.7 Å². The number of fused-ring (bicyclic) bond motifs is 3. The molecule has 1 aliphatic carbocycles. The molecular weight excluding hydrogens is 400 g/mol. The van der Waals surface area contributed by atoms with E-state index in [1.807, 2.05) is 6.07 Å². The fourth-order valence-electron chi connectivity index (χ4n) is 4.00. The smallest absolute Gasteiger partial charge is 0.221 e. The summed E-state index contributed by atoms with van der Waals surface area (Å²) in [6.07, 6.45) is 1.18. The number of ether oxygens (including phenoxy) is 3. The van der Waals surface area contributed by atoms with Crippen molar-refractivity contribution in [2.45, 2.75) is 32.7 Å². The maximum atomic E-state index is 12.9.